The maximum Gasteiger partial charge on any atom is 0.407 e. The maximum absolute atomic E-state index is 14.5. The number of Topliss-reactive ketones (excluding diaryl/α,β-unsaturated/α-hetero) is 1. The number of hydrogen-bond acceptors (Lipinski definition) is 19. The van der Waals surface area contributed by atoms with Gasteiger partial charge >= 0.3 is 6.09 Å². The molecular formula is C71H99N7O16S. The third kappa shape index (κ3) is 17.9. The molecule has 95 heavy (non-hydrogen) atoms. The van der Waals surface area contributed by atoms with Crippen molar-refractivity contribution in [2.75, 3.05) is 39.6 Å². The van der Waals surface area contributed by atoms with Crippen LogP contribution in [0.3, 0.4) is 0 Å². The number of aliphatic hydroxyl groups is 1. The number of carbonyl (C=O) groups excluding carboxylic acids is 5. The van der Waals surface area contributed by atoms with E-state index in [1.165, 1.54) is 0 Å². The van der Waals surface area contributed by atoms with Crippen LogP contribution in [-0.2, 0) is 73.2 Å². The Morgan fingerprint density at radius 1 is 0.842 bits per heavy atom. The fourth-order valence-electron chi connectivity index (χ4n) is 15.6. The molecule has 4 amide bonds. The number of hydrogen-bond donors (Lipinski definition) is 6. The van der Waals surface area contributed by atoms with Gasteiger partial charge in [-0.15, -0.1) is 0 Å². The molecule has 0 saturated carbocycles. The van der Waals surface area contributed by atoms with Crippen molar-refractivity contribution in [2.45, 2.75) is 265 Å². The Labute approximate surface area is 563 Å². The van der Waals surface area contributed by atoms with Gasteiger partial charge in [-0.2, -0.15) is 0 Å². The summed E-state index contributed by atoms with van der Waals surface area (Å²) in [6.45, 7) is 15.4. The predicted molar refractivity (Wildman–Crippen MR) is 352 cm³/mol. The number of benzene rings is 1. The molecule has 0 radical (unpaired) electrons. The Bertz CT molecular complexity index is 3160. The van der Waals surface area contributed by atoms with E-state index in [1.54, 1.807) is 43.8 Å². The van der Waals surface area contributed by atoms with E-state index in [-0.39, 0.29) is 123 Å². The van der Waals surface area contributed by atoms with Crippen LogP contribution in [0.1, 0.15) is 154 Å². The maximum atomic E-state index is 14.5. The van der Waals surface area contributed by atoms with Gasteiger partial charge in [-0.05, 0) is 144 Å². The lowest BCUT2D eigenvalue weighted by atomic mass is 9.81. The smallest absolute Gasteiger partial charge is 0.407 e. The van der Waals surface area contributed by atoms with Gasteiger partial charge < -0.3 is 83.6 Å². The van der Waals surface area contributed by atoms with E-state index in [0.29, 0.717) is 79.4 Å². The molecule has 1 aromatic heterocycles. The number of ether oxygens (including phenoxy) is 10. The summed E-state index contributed by atoms with van der Waals surface area (Å²) in [5, 5.41) is 23.0. The van der Waals surface area contributed by atoms with Crippen molar-refractivity contribution in [1.82, 2.24) is 30.8 Å². The highest BCUT2D eigenvalue weighted by Gasteiger charge is 2.69. The molecule has 2 unspecified atom stereocenters. The zero-order valence-corrected chi connectivity index (χ0v) is 56.7. The number of rotatable bonds is 21. The summed E-state index contributed by atoms with van der Waals surface area (Å²) in [6.07, 6.45) is 7.17. The number of nitrogens with zero attached hydrogens (tertiary/aromatic N) is 2. The number of anilines is 1. The van der Waals surface area contributed by atoms with Gasteiger partial charge in [-0.3, -0.25) is 19.2 Å². The normalized spacial score (nSPS) is 34.3. The summed E-state index contributed by atoms with van der Waals surface area (Å²) in [5.41, 5.74) is 3.85. The molecule has 0 aliphatic carbocycles. The molecule has 24 heteroatoms. The number of H-pyrrole nitrogens is 1. The van der Waals surface area contributed by atoms with Gasteiger partial charge in [0.05, 0.1) is 72.7 Å². The summed E-state index contributed by atoms with van der Waals surface area (Å²) < 4.78 is 66.9. The van der Waals surface area contributed by atoms with E-state index < -0.39 is 78.3 Å². The molecule has 10 aliphatic rings. The van der Waals surface area contributed by atoms with Crippen molar-refractivity contribution in [3.63, 3.8) is 0 Å². The van der Waals surface area contributed by atoms with Crippen molar-refractivity contribution >= 4 is 47.5 Å². The molecule has 1 aromatic carbocycles. The number of aromatic nitrogens is 2. The van der Waals surface area contributed by atoms with Crippen LogP contribution in [0.4, 0.5) is 10.5 Å². The quantitative estimate of drug-likeness (QED) is 0.0308. The number of ketones is 1. The highest BCUT2D eigenvalue weighted by Crippen LogP contribution is 2.54. The fraction of sp³-hybridized carbons (Fsp3) is 0.704. The van der Waals surface area contributed by atoms with Crippen molar-refractivity contribution in [1.29, 1.82) is 0 Å². The lowest BCUT2D eigenvalue weighted by molar-refractivity contribution is -0.292. The van der Waals surface area contributed by atoms with E-state index in [2.05, 4.69) is 68.1 Å². The first-order chi connectivity index (χ1) is 45.7. The number of methoxy groups -OCH3 is 1. The summed E-state index contributed by atoms with van der Waals surface area (Å²) in [7, 11) is 5.55. The first-order valence-electron chi connectivity index (χ1n) is 34.6. The van der Waals surface area contributed by atoms with Crippen molar-refractivity contribution in [3.05, 3.63) is 76.9 Å². The second-order valence-electron chi connectivity index (χ2n) is 28.4. The Hall–Kier alpha value is -5.53. The molecule has 23 nitrogen and oxygen atoms in total. The molecule has 10 saturated heterocycles. The van der Waals surface area contributed by atoms with E-state index in [1.807, 2.05) is 27.9 Å². The number of fused-ring (bicyclic) bond motifs is 6. The standard InChI is InChI=1S/C71H99N7O16S/c1-39(2)60(77-59(81)16-11-9-10-14-44-35-72-69(95)73-36-44)68(83)76-52(15-12-13-27-78(6)7)67(82)75-45-19-17-43(18-20-45)38-86-70(84)74-37-47(80)32-57-61(85-8)51-31-46(79)30-49-22-24-54-62(89-49)66-65-64(91-54)63-58(92-65)34-71(93-63,94-66)26-25-50-29-41(4)53(87-50)23-21-48-28-40(3)42(5)55(88-48)33-56(51)90-57/h17-20,35-36,39-40,47-58,60-66,80H,4-5,9,11-13,15-16,21-34,37-38H2,1-3,6-8H3,(H,74,84)(H,75,82)(H,76,83)(H,77,81)(H,72,73,95)/t40-,47+,48+,49-,50+,51+,52+,53?,54+,55-,56+,57-,58?,60+,61-,62+,63+,64+,65-,66+,71+/m1/s1. The van der Waals surface area contributed by atoms with Gasteiger partial charge in [-0.1, -0.05) is 57.9 Å². The Kier molecular flexibility index (Phi) is 23.8. The number of amides is 4. The topological polar surface area (TPSA) is 278 Å². The summed E-state index contributed by atoms with van der Waals surface area (Å²) >= 11 is 4.98. The highest BCUT2D eigenvalue weighted by molar-refractivity contribution is 7.71. The average molecular weight is 1340 g/mol. The zero-order valence-electron chi connectivity index (χ0n) is 55.9. The molecule has 21 atom stereocenters. The van der Waals surface area contributed by atoms with Gasteiger partial charge in [0.15, 0.2) is 10.6 Å². The summed E-state index contributed by atoms with van der Waals surface area (Å²) in [5.74, 6) is 3.52. The largest absolute Gasteiger partial charge is 0.445 e. The van der Waals surface area contributed by atoms with Crippen LogP contribution >= 0.6 is 12.2 Å². The highest BCUT2D eigenvalue weighted by atomic mass is 32.1. The minimum absolute atomic E-state index is 0.0122. The number of alkyl carbamates (subject to hydrolysis) is 1. The van der Waals surface area contributed by atoms with Crippen LogP contribution in [0.25, 0.3) is 0 Å². The number of nitrogens with one attached hydrogen (secondary N) is 5. The number of aromatic amines is 1. The summed E-state index contributed by atoms with van der Waals surface area (Å²) in [4.78, 5) is 77.4. The fourth-order valence-corrected chi connectivity index (χ4v) is 15.7. The number of carbonyl (C=O) groups is 5. The number of aliphatic hydroxyl groups excluding tert-OH is 1. The third-order valence-corrected chi connectivity index (χ3v) is 20.9. The van der Waals surface area contributed by atoms with Crippen LogP contribution in [0, 0.1) is 34.4 Å². The van der Waals surface area contributed by atoms with Crippen molar-refractivity contribution < 1.29 is 76.4 Å². The van der Waals surface area contributed by atoms with Crippen LogP contribution in [0.2, 0.25) is 0 Å². The molecule has 6 N–H and O–H groups in total. The zero-order chi connectivity index (χ0) is 67.1. The van der Waals surface area contributed by atoms with Gasteiger partial charge in [0.2, 0.25) is 17.7 Å². The van der Waals surface area contributed by atoms with E-state index >= 15 is 0 Å². The molecule has 10 fully saturated rings. The van der Waals surface area contributed by atoms with Crippen LogP contribution in [0.15, 0.2) is 61.0 Å². The second kappa shape index (κ2) is 32.0. The van der Waals surface area contributed by atoms with Crippen molar-refractivity contribution in [2.24, 2.45) is 17.8 Å². The van der Waals surface area contributed by atoms with Crippen LogP contribution < -0.4 is 21.3 Å². The lowest BCUT2D eigenvalue weighted by Gasteiger charge is -2.47. The molecule has 12 rings (SSSR count). The first kappa shape index (κ1) is 70.8. The molecule has 520 valence electrons. The lowest BCUT2D eigenvalue weighted by Crippen LogP contribution is -2.61. The number of unbranched alkanes of at least 4 members (excludes halogenated alkanes) is 2. The Morgan fingerprint density at radius 2 is 1.60 bits per heavy atom. The second-order valence-corrected chi connectivity index (χ2v) is 28.8. The minimum atomic E-state index is -1.07. The predicted octanol–water partition coefficient (Wildman–Crippen LogP) is 7.38. The van der Waals surface area contributed by atoms with E-state index in [4.69, 9.17) is 59.6 Å². The molecule has 11 heterocycles. The Morgan fingerprint density at radius 3 is 2.37 bits per heavy atom. The average Bonchev–Trinajstić information content (AvgIpc) is 1.55. The molecule has 2 aromatic rings. The molecule has 1 spiro atoms. The van der Waals surface area contributed by atoms with E-state index in [9.17, 15) is 29.1 Å². The van der Waals surface area contributed by atoms with Crippen LogP contribution in [0.5, 0.6) is 0 Å². The van der Waals surface area contributed by atoms with Crippen LogP contribution in [-0.4, -0.2) is 199 Å². The van der Waals surface area contributed by atoms with E-state index in [0.717, 1.165) is 56.2 Å². The first-order valence-corrected chi connectivity index (χ1v) is 35.0. The Balaban J connectivity index is 0.678. The monoisotopic (exact) mass is 1340 g/mol. The SMILES string of the molecule is C=C1C[C@@H]2CC[C@@]34CC5O[C@H]6[C@@H](O3)[C@H]3O[C@H](CC[C@@H]3O[C@H]6[C@H]5O4)CC(=O)C[C@@H]3[C@@H](OC)[C@@H](C[C@H](O)CNC(=O)OCc4ccc(NC(=O)[C@H](CCCCN(C)C)NC(=O)[C@@H](NC(=O)CCCC#Cc5cnc(=S)[nH]c5)C(C)C)cc4)O[C@H]3C[C@H]3O[C@@H](CCC1O2)C[C@@H](C)C3=C. The summed E-state index contributed by atoms with van der Waals surface area (Å²) in [6, 6.07) is 5.02. The third-order valence-electron chi connectivity index (χ3n) is 20.6. The molecule has 12 bridgehead atoms. The minimum Gasteiger partial charge on any atom is -0.445 e. The molecular weight excluding hydrogens is 1240 g/mol. The van der Waals surface area contributed by atoms with Gasteiger partial charge in [0.1, 0.15) is 55.0 Å². The van der Waals surface area contributed by atoms with Gasteiger partial charge in [-0.25, -0.2) is 9.78 Å². The van der Waals surface area contributed by atoms with Gasteiger partial charge in [0.25, 0.3) is 0 Å². The van der Waals surface area contributed by atoms with Gasteiger partial charge in [0, 0.05) is 89.0 Å². The van der Waals surface area contributed by atoms with Crippen molar-refractivity contribution in [3.8, 4) is 11.8 Å². The molecule has 10 aliphatic heterocycles.